The van der Waals surface area contributed by atoms with E-state index in [1.165, 1.54) is 11.2 Å². The highest BCUT2D eigenvalue weighted by atomic mass is 16.3. The lowest BCUT2D eigenvalue weighted by Gasteiger charge is -2.20. The van der Waals surface area contributed by atoms with Crippen molar-refractivity contribution in [3.63, 3.8) is 0 Å². The quantitative estimate of drug-likeness (QED) is 0.768. The van der Waals surface area contributed by atoms with Crippen LogP contribution >= 0.6 is 0 Å². The second-order valence-electron chi connectivity index (χ2n) is 5.36. The molecule has 1 amide bonds. The van der Waals surface area contributed by atoms with E-state index in [-0.39, 0.29) is 12.1 Å². The van der Waals surface area contributed by atoms with Crippen molar-refractivity contribution in [1.29, 1.82) is 0 Å². The van der Waals surface area contributed by atoms with E-state index in [9.17, 15) is 14.4 Å². The molecule has 1 N–H and O–H groups in total. The average Bonchev–Trinajstić information content (AvgIpc) is 3.13. The Morgan fingerprint density at radius 3 is 2.56 bits per heavy atom. The Labute approximate surface area is 143 Å². The van der Waals surface area contributed by atoms with Gasteiger partial charge in [0.05, 0.1) is 12.8 Å². The summed E-state index contributed by atoms with van der Waals surface area (Å²) in [5.74, 6) is -0.0178. The first-order chi connectivity index (χ1) is 12.1. The highest BCUT2D eigenvalue weighted by Gasteiger charge is 2.21. The number of carbonyl (C=O) groups is 1. The summed E-state index contributed by atoms with van der Waals surface area (Å²) in [5, 5.41) is 0. The highest BCUT2D eigenvalue weighted by Crippen LogP contribution is 2.15. The van der Waals surface area contributed by atoms with Crippen molar-refractivity contribution in [2.24, 2.45) is 0 Å². The topological polar surface area (TPSA) is 88.3 Å². The average molecular weight is 339 g/mol. The molecule has 0 spiro atoms. The minimum absolute atomic E-state index is 0.0419. The van der Waals surface area contributed by atoms with Gasteiger partial charge in [-0.25, -0.2) is 4.79 Å². The molecule has 0 atom stereocenters. The van der Waals surface area contributed by atoms with Crippen LogP contribution in [0.3, 0.4) is 0 Å². The van der Waals surface area contributed by atoms with E-state index in [1.807, 2.05) is 25.1 Å². The summed E-state index contributed by atoms with van der Waals surface area (Å²) in [5.41, 5.74) is -0.671. The summed E-state index contributed by atoms with van der Waals surface area (Å²) < 4.78 is 6.13. The molecule has 0 radical (unpaired) electrons. The SMILES string of the molecule is CCN(C(=O)c1c[nH]c(=O)n(Cc2ccco2)c1=O)c1ccccc1. The molecule has 128 valence electrons. The molecule has 0 saturated carbocycles. The fraction of sp³-hybridized carbons (Fsp3) is 0.167. The van der Waals surface area contributed by atoms with Gasteiger partial charge in [-0.05, 0) is 31.2 Å². The number of nitrogens with one attached hydrogen (secondary N) is 1. The maximum absolute atomic E-state index is 12.8. The minimum atomic E-state index is -0.653. The molecule has 0 unspecified atom stereocenters. The Hall–Kier alpha value is -3.35. The van der Waals surface area contributed by atoms with Crippen molar-refractivity contribution >= 4 is 11.6 Å². The number of aromatic amines is 1. The van der Waals surface area contributed by atoms with Gasteiger partial charge in [0.1, 0.15) is 11.3 Å². The van der Waals surface area contributed by atoms with Crippen molar-refractivity contribution in [2.75, 3.05) is 11.4 Å². The molecule has 1 aromatic carbocycles. The van der Waals surface area contributed by atoms with Crippen molar-refractivity contribution in [3.8, 4) is 0 Å². The van der Waals surface area contributed by atoms with Crippen molar-refractivity contribution in [2.45, 2.75) is 13.5 Å². The zero-order chi connectivity index (χ0) is 17.8. The van der Waals surface area contributed by atoms with E-state index in [2.05, 4.69) is 4.98 Å². The van der Waals surface area contributed by atoms with Gasteiger partial charge in [-0.3, -0.25) is 14.2 Å². The van der Waals surface area contributed by atoms with Crippen LogP contribution < -0.4 is 16.1 Å². The number of furan rings is 1. The lowest BCUT2D eigenvalue weighted by Crippen LogP contribution is -2.42. The third-order valence-electron chi connectivity index (χ3n) is 3.81. The monoisotopic (exact) mass is 339 g/mol. The molecule has 7 heteroatoms. The predicted molar refractivity (Wildman–Crippen MR) is 92.9 cm³/mol. The van der Waals surface area contributed by atoms with Crippen LogP contribution in [0.2, 0.25) is 0 Å². The van der Waals surface area contributed by atoms with Crippen LogP contribution in [0.1, 0.15) is 23.0 Å². The van der Waals surface area contributed by atoms with Gasteiger partial charge >= 0.3 is 5.69 Å². The van der Waals surface area contributed by atoms with Crippen LogP contribution in [0.4, 0.5) is 5.69 Å². The van der Waals surface area contributed by atoms with Gasteiger partial charge in [-0.15, -0.1) is 0 Å². The van der Waals surface area contributed by atoms with Crippen molar-refractivity contribution in [3.05, 3.63) is 87.1 Å². The second kappa shape index (κ2) is 7.04. The number of hydrogen-bond acceptors (Lipinski definition) is 4. The van der Waals surface area contributed by atoms with Crippen LogP contribution in [0, 0.1) is 0 Å². The first-order valence-corrected chi connectivity index (χ1v) is 7.83. The van der Waals surface area contributed by atoms with Crippen LogP contribution in [0.15, 0.2) is 68.9 Å². The van der Waals surface area contributed by atoms with Gasteiger partial charge in [0, 0.05) is 18.4 Å². The van der Waals surface area contributed by atoms with Crippen molar-refractivity contribution in [1.82, 2.24) is 9.55 Å². The summed E-state index contributed by atoms with van der Waals surface area (Å²) in [6.45, 7) is 2.16. The van der Waals surface area contributed by atoms with E-state index >= 15 is 0 Å². The zero-order valence-electron chi connectivity index (χ0n) is 13.6. The second-order valence-corrected chi connectivity index (χ2v) is 5.36. The zero-order valence-corrected chi connectivity index (χ0v) is 13.6. The Morgan fingerprint density at radius 2 is 1.92 bits per heavy atom. The third kappa shape index (κ3) is 3.30. The van der Waals surface area contributed by atoms with Gasteiger partial charge < -0.3 is 14.3 Å². The number of anilines is 1. The van der Waals surface area contributed by atoms with E-state index in [1.54, 1.807) is 24.3 Å². The molecule has 2 aromatic heterocycles. The fourth-order valence-electron chi connectivity index (χ4n) is 2.56. The maximum Gasteiger partial charge on any atom is 0.328 e. The number of amides is 1. The number of carbonyl (C=O) groups excluding carboxylic acids is 1. The molecule has 0 aliphatic heterocycles. The van der Waals surface area contributed by atoms with E-state index < -0.39 is 17.2 Å². The third-order valence-corrected chi connectivity index (χ3v) is 3.81. The molecule has 0 aliphatic carbocycles. The lowest BCUT2D eigenvalue weighted by atomic mass is 10.2. The molecule has 0 aliphatic rings. The lowest BCUT2D eigenvalue weighted by molar-refractivity contribution is 0.0985. The van der Waals surface area contributed by atoms with Crippen LogP contribution in [-0.4, -0.2) is 22.0 Å². The molecule has 2 heterocycles. The molecule has 0 bridgehead atoms. The summed E-state index contributed by atoms with van der Waals surface area (Å²) in [6.07, 6.45) is 2.62. The minimum Gasteiger partial charge on any atom is -0.467 e. The number of nitrogens with zero attached hydrogens (tertiary/aromatic N) is 2. The normalized spacial score (nSPS) is 10.6. The number of hydrogen-bond donors (Lipinski definition) is 1. The summed E-state index contributed by atoms with van der Waals surface area (Å²) >= 11 is 0. The molecular formula is C18H17N3O4. The summed E-state index contributed by atoms with van der Waals surface area (Å²) in [7, 11) is 0. The van der Waals surface area contributed by atoms with E-state index in [0.29, 0.717) is 18.0 Å². The molecular weight excluding hydrogens is 322 g/mol. The highest BCUT2D eigenvalue weighted by molar-refractivity contribution is 6.05. The van der Waals surface area contributed by atoms with Gasteiger partial charge in [-0.1, -0.05) is 18.2 Å². The number of benzene rings is 1. The first kappa shape index (κ1) is 16.5. The van der Waals surface area contributed by atoms with Gasteiger partial charge in [0.15, 0.2) is 0 Å². The Morgan fingerprint density at radius 1 is 1.16 bits per heavy atom. The Kier molecular flexibility index (Phi) is 4.65. The molecule has 0 saturated heterocycles. The van der Waals surface area contributed by atoms with E-state index in [0.717, 1.165) is 10.8 Å². The number of aromatic nitrogens is 2. The molecule has 0 fully saturated rings. The smallest absolute Gasteiger partial charge is 0.328 e. The van der Waals surface area contributed by atoms with E-state index in [4.69, 9.17) is 4.42 Å². The Balaban J connectivity index is 2.01. The maximum atomic E-state index is 12.8. The van der Waals surface area contributed by atoms with Gasteiger partial charge in [0.2, 0.25) is 0 Å². The number of rotatable bonds is 5. The Bertz CT molecular complexity index is 972. The number of para-hydroxylation sites is 1. The van der Waals surface area contributed by atoms with Crippen molar-refractivity contribution < 1.29 is 9.21 Å². The number of H-pyrrole nitrogens is 1. The molecule has 3 rings (SSSR count). The fourth-order valence-corrected chi connectivity index (χ4v) is 2.56. The molecule has 25 heavy (non-hydrogen) atoms. The van der Waals surface area contributed by atoms with Gasteiger partial charge in [-0.2, -0.15) is 0 Å². The summed E-state index contributed by atoms with van der Waals surface area (Å²) in [6, 6.07) is 12.4. The standard InChI is InChI=1S/C18H17N3O4/c1-2-20(13-7-4-3-5-8-13)16(22)15-11-19-18(24)21(17(15)23)12-14-9-6-10-25-14/h3-11H,2,12H2,1H3,(H,19,24). The predicted octanol–water partition coefficient (Wildman–Crippen LogP) is 1.84. The van der Waals surface area contributed by atoms with Crippen LogP contribution in [-0.2, 0) is 6.54 Å². The molecule has 7 nitrogen and oxygen atoms in total. The van der Waals surface area contributed by atoms with Gasteiger partial charge in [0.25, 0.3) is 11.5 Å². The van der Waals surface area contributed by atoms with Crippen LogP contribution in [0.5, 0.6) is 0 Å². The molecule has 3 aromatic rings. The largest absolute Gasteiger partial charge is 0.467 e. The van der Waals surface area contributed by atoms with Crippen LogP contribution in [0.25, 0.3) is 0 Å². The first-order valence-electron chi connectivity index (χ1n) is 7.83. The summed E-state index contributed by atoms with van der Waals surface area (Å²) in [4.78, 5) is 41.4.